The minimum Gasteiger partial charge on any atom is -0.397 e. The summed E-state index contributed by atoms with van der Waals surface area (Å²) in [6.45, 7) is 6.45. The van der Waals surface area contributed by atoms with Crippen LogP contribution in [0.3, 0.4) is 0 Å². The molecule has 1 saturated heterocycles. The largest absolute Gasteiger partial charge is 0.397 e. The molecule has 5 nitrogen and oxygen atoms in total. The number of anilines is 2. The monoisotopic (exact) mass is 259 g/mol. The summed E-state index contributed by atoms with van der Waals surface area (Å²) >= 11 is 0. The van der Waals surface area contributed by atoms with Crippen molar-refractivity contribution >= 4 is 11.5 Å². The van der Waals surface area contributed by atoms with E-state index in [-0.39, 0.29) is 0 Å². The molecule has 1 fully saturated rings. The lowest BCUT2D eigenvalue weighted by atomic mass is 9.99. The van der Waals surface area contributed by atoms with Crippen molar-refractivity contribution in [2.45, 2.75) is 19.8 Å². The zero-order chi connectivity index (χ0) is 13.7. The zero-order valence-electron chi connectivity index (χ0n) is 11.4. The summed E-state index contributed by atoms with van der Waals surface area (Å²) in [5, 5.41) is 12.2. The molecule has 0 atom stereocenters. The fourth-order valence-electron chi connectivity index (χ4n) is 2.33. The average molecular weight is 259 g/mol. The maximum Gasteiger partial charge on any atom is 0.144 e. The molecule has 19 heavy (non-hydrogen) atoms. The Morgan fingerprint density at radius 2 is 2.26 bits per heavy atom. The Kier molecular flexibility index (Phi) is 4.58. The normalized spacial score (nSPS) is 17.1. The standard InChI is InChI=1S/C14H21N5/c1-11-2-5-19(6-3-11)7-4-17-14-12(9-15)8-13(16)10-18-14/h8,10-11H,2-7,16H2,1H3,(H,17,18). The number of likely N-dealkylation sites (tertiary alicyclic amines) is 1. The molecule has 0 spiro atoms. The number of nitriles is 1. The molecule has 1 aliphatic heterocycles. The molecule has 5 heteroatoms. The molecule has 0 aliphatic carbocycles. The second-order valence-corrected chi connectivity index (χ2v) is 5.23. The highest BCUT2D eigenvalue weighted by Gasteiger charge is 2.15. The minimum atomic E-state index is 0.507. The highest BCUT2D eigenvalue weighted by molar-refractivity contribution is 5.57. The van der Waals surface area contributed by atoms with Crippen LogP contribution in [0.4, 0.5) is 11.5 Å². The lowest BCUT2D eigenvalue weighted by Gasteiger charge is -2.30. The van der Waals surface area contributed by atoms with E-state index in [2.05, 4.69) is 28.2 Å². The van der Waals surface area contributed by atoms with Gasteiger partial charge in [-0.1, -0.05) is 6.92 Å². The first-order valence-electron chi connectivity index (χ1n) is 6.81. The number of rotatable bonds is 4. The summed E-state index contributed by atoms with van der Waals surface area (Å²) < 4.78 is 0. The Hall–Kier alpha value is -1.80. The Balaban J connectivity index is 1.81. The second-order valence-electron chi connectivity index (χ2n) is 5.23. The van der Waals surface area contributed by atoms with Gasteiger partial charge in [-0.15, -0.1) is 0 Å². The van der Waals surface area contributed by atoms with E-state index in [1.54, 1.807) is 12.3 Å². The van der Waals surface area contributed by atoms with E-state index in [9.17, 15) is 0 Å². The Bertz CT molecular complexity index is 457. The van der Waals surface area contributed by atoms with Gasteiger partial charge in [0.1, 0.15) is 11.9 Å². The third kappa shape index (κ3) is 3.83. The first-order valence-corrected chi connectivity index (χ1v) is 6.81. The predicted molar refractivity (Wildman–Crippen MR) is 76.7 cm³/mol. The highest BCUT2D eigenvalue weighted by atomic mass is 15.1. The van der Waals surface area contributed by atoms with Crippen LogP contribution in [0.5, 0.6) is 0 Å². The van der Waals surface area contributed by atoms with Crippen LogP contribution in [-0.4, -0.2) is 36.1 Å². The quantitative estimate of drug-likeness (QED) is 0.860. The lowest BCUT2D eigenvalue weighted by molar-refractivity contribution is 0.199. The summed E-state index contributed by atoms with van der Waals surface area (Å²) in [5.41, 5.74) is 6.64. The summed E-state index contributed by atoms with van der Waals surface area (Å²) in [6.07, 6.45) is 4.14. The van der Waals surface area contributed by atoms with Gasteiger partial charge in [0.2, 0.25) is 0 Å². The number of nitrogens with two attached hydrogens (primary N) is 1. The second kappa shape index (κ2) is 6.39. The topological polar surface area (TPSA) is 78.0 Å². The molecule has 102 valence electrons. The lowest BCUT2D eigenvalue weighted by Crippen LogP contribution is -2.36. The van der Waals surface area contributed by atoms with Crippen molar-refractivity contribution in [1.29, 1.82) is 5.26 Å². The number of pyridine rings is 1. The average Bonchev–Trinajstić information content (AvgIpc) is 2.42. The number of aromatic nitrogens is 1. The van der Waals surface area contributed by atoms with Gasteiger partial charge in [0, 0.05) is 13.1 Å². The van der Waals surface area contributed by atoms with Crippen LogP contribution >= 0.6 is 0 Å². The number of piperidine rings is 1. The Morgan fingerprint density at radius 3 is 2.95 bits per heavy atom. The first-order chi connectivity index (χ1) is 9.19. The third-order valence-corrected chi connectivity index (χ3v) is 3.63. The third-order valence-electron chi connectivity index (χ3n) is 3.63. The molecule has 0 amide bonds. The smallest absolute Gasteiger partial charge is 0.144 e. The molecule has 0 bridgehead atoms. The van der Waals surface area contributed by atoms with Gasteiger partial charge in [-0.2, -0.15) is 5.26 Å². The number of nitrogen functional groups attached to an aromatic ring is 1. The van der Waals surface area contributed by atoms with Crippen LogP contribution in [0, 0.1) is 17.2 Å². The van der Waals surface area contributed by atoms with Crippen LogP contribution < -0.4 is 11.1 Å². The molecule has 3 N–H and O–H groups in total. The Labute approximate surface area is 114 Å². The van der Waals surface area contributed by atoms with Gasteiger partial charge in [0.15, 0.2) is 0 Å². The molecule has 1 aliphatic rings. The molecule has 2 rings (SSSR count). The van der Waals surface area contributed by atoms with E-state index in [1.165, 1.54) is 25.9 Å². The summed E-state index contributed by atoms with van der Waals surface area (Å²) in [6, 6.07) is 3.76. The molecule has 2 heterocycles. The molecule has 0 saturated carbocycles. The highest BCUT2D eigenvalue weighted by Crippen LogP contribution is 2.16. The van der Waals surface area contributed by atoms with Crippen LogP contribution in [0.2, 0.25) is 0 Å². The summed E-state index contributed by atoms with van der Waals surface area (Å²) in [7, 11) is 0. The van der Waals surface area contributed by atoms with E-state index in [1.807, 2.05) is 0 Å². The van der Waals surface area contributed by atoms with E-state index < -0.39 is 0 Å². The van der Waals surface area contributed by atoms with Gasteiger partial charge < -0.3 is 16.0 Å². The molecule has 0 aromatic carbocycles. The van der Waals surface area contributed by atoms with Crippen molar-refractivity contribution in [1.82, 2.24) is 9.88 Å². The fraction of sp³-hybridized carbons (Fsp3) is 0.571. The van der Waals surface area contributed by atoms with Crippen molar-refractivity contribution in [3.05, 3.63) is 17.8 Å². The van der Waals surface area contributed by atoms with E-state index in [4.69, 9.17) is 11.0 Å². The van der Waals surface area contributed by atoms with Gasteiger partial charge in [-0.05, 0) is 37.9 Å². The molecule has 1 aromatic heterocycles. The van der Waals surface area contributed by atoms with Gasteiger partial charge in [0.25, 0.3) is 0 Å². The predicted octanol–water partition coefficient (Wildman–Crippen LogP) is 1.68. The first kappa shape index (κ1) is 13.6. The van der Waals surface area contributed by atoms with Crippen LogP contribution in [0.15, 0.2) is 12.3 Å². The van der Waals surface area contributed by atoms with Crippen molar-refractivity contribution in [3.8, 4) is 6.07 Å². The SMILES string of the molecule is CC1CCN(CCNc2ncc(N)cc2C#N)CC1. The summed E-state index contributed by atoms with van der Waals surface area (Å²) in [4.78, 5) is 6.62. The van der Waals surface area contributed by atoms with Crippen LogP contribution in [-0.2, 0) is 0 Å². The number of nitrogens with zero attached hydrogens (tertiary/aromatic N) is 3. The summed E-state index contributed by atoms with van der Waals surface area (Å²) in [5.74, 6) is 1.48. The minimum absolute atomic E-state index is 0.507. The van der Waals surface area contributed by atoms with Gasteiger partial charge in [0.05, 0.1) is 17.4 Å². The Morgan fingerprint density at radius 1 is 1.53 bits per heavy atom. The maximum absolute atomic E-state index is 9.02. The van der Waals surface area contributed by atoms with Crippen molar-refractivity contribution in [2.24, 2.45) is 5.92 Å². The van der Waals surface area contributed by atoms with Gasteiger partial charge >= 0.3 is 0 Å². The van der Waals surface area contributed by atoms with Crippen molar-refractivity contribution < 1.29 is 0 Å². The van der Waals surface area contributed by atoms with Crippen LogP contribution in [0.25, 0.3) is 0 Å². The van der Waals surface area contributed by atoms with E-state index in [0.717, 1.165) is 19.0 Å². The molecule has 0 radical (unpaired) electrons. The van der Waals surface area contributed by atoms with Gasteiger partial charge in [-0.25, -0.2) is 4.98 Å². The van der Waals surface area contributed by atoms with Crippen LogP contribution in [0.1, 0.15) is 25.3 Å². The number of nitrogens with one attached hydrogen (secondary N) is 1. The van der Waals surface area contributed by atoms with Crippen molar-refractivity contribution in [3.63, 3.8) is 0 Å². The van der Waals surface area contributed by atoms with Gasteiger partial charge in [-0.3, -0.25) is 0 Å². The molecular formula is C14H21N5. The molecule has 0 unspecified atom stereocenters. The zero-order valence-corrected chi connectivity index (χ0v) is 11.4. The molecule has 1 aromatic rings. The van der Waals surface area contributed by atoms with E-state index in [0.29, 0.717) is 17.1 Å². The molecular weight excluding hydrogens is 238 g/mol. The van der Waals surface area contributed by atoms with E-state index >= 15 is 0 Å². The van der Waals surface area contributed by atoms with Crippen molar-refractivity contribution in [2.75, 3.05) is 37.2 Å². The number of hydrogen-bond donors (Lipinski definition) is 2. The fourth-order valence-corrected chi connectivity index (χ4v) is 2.33. The number of hydrogen-bond acceptors (Lipinski definition) is 5. The maximum atomic E-state index is 9.02.